The highest BCUT2D eigenvalue weighted by Crippen LogP contribution is 2.69. The minimum atomic E-state index is -1.40. The molecule has 0 aromatic carbocycles. The van der Waals surface area contributed by atoms with Crippen LogP contribution in [0.25, 0.3) is 0 Å². The standard InChI is InChI=1S/C24H32O6/c1-4-5-19-29-18-11-16-15-7-6-13-10-14(25)8-9-22(13,2)20(15)17(26)12-23(16,3)24(18,30-19)21(27)28/h8-10,15-20,26H,4-7,11-12H2,1-3H3,(H,27,28)/t15-,16-,17+,18+,19+,20+,22+,23+,24-/m1/s1. The number of ketones is 1. The van der Waals surface area contributed by atoms with Gasteiger partial charge in [-0.1, -0.05) is 38.8 Å². The molecule has 4 aliphatic carbocycles. The Balaban J connectivity index is 1.55. The molecule has 9 atom stereocenters. The fourth-order valence-electron chi connectivity index (χ4n) is 7.87. The highest BCUT2D eigenvalue weighted by atomic mass is 16.7. The van der Waals surface area contributed by atoms with Crippen molar-refractivity contribution in [2.24, 2.45) is 28.6 Å². The molecular formula is C24H32O6. The number of fused-ring (bicyclic) bond motifs is 7. The first-order valence-electron chi connectivity index (χ1n) is 11.4. The summed E-state index contributed by atoms with van der Waals surface area (Å²) in [6.07, 6.45) is 7.90. The average molecular weight is 417 g/mol. The molecule has 164 valence electrons. The maximum absolute atomic E-state index is 12.7. The quantitative estimate of drug-likeness (QED) is 0.734. The van der Waals surface area contributed by atoms with E-state index in [-0.39, 0.29) is 29.0 Å². The molecule has 1 heterocycles. The van der Waals surface area contributed by atoms with Crippen LogP contribution in [0.5, 0.6) is 0 Å². The van der Waals surface area contributed by atoms with Gasteiger partial charge in [0.15, 0.2) is 17.7 Å². The minimum Gasteiger partial charge on any atom is -0.479 e. The number of rotatable bonds is 3. The number of aliphatic hydroxyl groups excluding tert-OH is 1. The van der Waals surface area contributed by atoms with Crippen LogP contribution >= 0.6 is 0 Å². The smallest absolute Gasteiger partial charge is 0.339 e. The summed E-state index contributed by atoms with van der Waals surface area (Å²) in [6, 6.07) is 0. The zero-order chi connectivity index (χ0) is 21.5. The minimum absolute atomic E-state index is 0.0139. The first kappa shape index (κ1) is 20.4. The second-order valence-corrected chi connectivity index (χ2v) is 10.4. The third-order valence-corrected chi connectivity index (χ3v) is 9.13. The van der Waals surface area contributed by atoms with E-state index in [4.69, 9.17) is 9.47 Å². The van der Waals surface area contributed by atoms with Gasteiger partial charge in [0.2, 0.25) is 0 Å². The Labute approximate surface area is 177 Å². The highest BCUT2D eigenvalue weighted by molar-refractivity contribution is 6.01. The zero-order valence-corrected chi connectivity index (χ0v) is 18.0. The van der Waals surface area contributed by atoms with Crippen molar-refractivity contribution in [1.82, 2.24) is 0 Å². The third kappa shape index (κ3) is 2.36. The largest absolute Gasteiger partial charge is 0.479 e. The predicted octanol–water partition coefficient (Wildman–Crippen LogP) is 3.24. The molecule has 6 nitrogen and oxygen atoms in total. The summed E-state index contributed by atoms with van der Waals surface area (Å²) in [6.45, 7) is 6.15. The van der Waals surface area contributed by atoms with Gasteiger partial charge in [-0.25, -0.2) is 4.79 Å². The first-order valence-corrected chi connectivity index (χ1v) is 11.4. The van der Waals surface area contributed by atoms with Gasteiger partial charge in [-0.05, 0) is 56.1 Å². The van der Waals surface area contributed by atoms with Gasteiger partial charge >= 0.3 is 5.97 Å². The van der Waals surface area contributed by atoms with Crippen LogP contribution in [0, 0.1) is 28.6 Å². The van der Waals surface area contributed by atoms with Crippen molar-refractivity contribution in [3.8, 4) is 0 Å². The number of hydrogen-bond donors (Lipinski definition) is 2. The summed E-state index contributed by atoms with van der Waals surface area (Å²) in [5.74, 6) is -0.722. The van der Waals surface area contributed by atoms with Gasteiger partial charge in [-0.15, -0.1) is 0 Å². The van der Waals surface area contributed by atoms with E-state index in [2.05, 4.69) is 6.92 Å². The van der Waals surface area contributed by atoms with E-state index in [1.807, 2.05) is 19.9 Å². The molecule has 0 spiro atoms. The normalized spacial score (nSPS) is 51.6. The van der Waals surface area contributed by atoms with Crippen molar-refractivity contribution >= 4 is 11.8 Å². The van der Waals surface area contributed by atoms with Crippen LogP contribution in [0.3, 0.4) is 0 Å². The van der Waals surface area contributed by atoms with Crippen LogP contribution in [0.2, 0.25) is 0 Å². The van der Waals surface area contributed by atoms with Crippen LogP contribution in [0.1, 0.15) is 59.3 Å². The molecule has 0 unspecified atom stereocenters. The van der Waals surface area contributed by atoms with Gasteiger partial charge in [0.05, 0.1) is 6.10 Å². The van der Waals surface area contributed by atoms with E-state index in [0.29, 0.717) is 19.3 Å². The van der Waals surface area contributed by atoms with Crippen molar-refractivity contribution < 1.29 is 29.3 Å². The molecule has 2 N–H and O–H groups in total. The predicted molar refractivity (Wildman–Crippen MR) is 108 cm³/mol. The van der Waals surface area contributed by atoms with Gasteiger partial charge in [0.25, 0.3) is 0 Å². The Kier molecular flexibility index (Phi) is 4.42. The lowest BCUT2D eigenvalue weighted by atomic mass is 9.46. The van der Waals surface area contributed by atoms with Gasteiger partial charge in [0, 0.05) is 16.7 Å². The van der Waals surface area contributed by atoms with E-state index < -0.39 is 35.5 Å². The number of carboxylic acid groups (broad SMARTS) is 1. The molecule has 1 saturated heterocycles. The summed E-state index contributed by atoms with van der Waals surface area (Å²) < 4.78 is 12.4. The van der Waals surface area contributed by atoms with Crippen LogP contribution in [-0.2, 0) is 19.1 Å². The Hall–Kier alpha value is -1.50. The van der Waals surface area contributed by atoms with Crippen molar-refractivity contribution in [1.29, 1.82) is 0 Å². The number of allylic oxidation sites excluding steroid dienone is 4. The molecule has 5 aliphatic rings. The molecule has 0 amide bonds. The molecule has 0 bridgehead atoms. The molecule has 0 aromatic rings. The maximum Gasteiger partial charge on any atom is 0.339 e. The summed E-state index contributed by atoms with van der Waals surface area (Å²) in [5.41, 5.74) is -1.37. The van der Waals surface area contributed by atoms with Crippen molar-refractivity contribution in [2.45, 2.75) is 83.4 Å². The number of carboxylic acids is 1. The molecule has 30 heavy (non-hydrogen) atoms. The van der Waals surface area contributed by atoms with Crippen molar-refractivity contribution in [2.75, 3.05) is 0 Å². The molecule has 0 radical (unpaired) electrons. The number of aliphatic hydroxyl groups is 1. The summed E-state index contributed by atoms with van der Waals surface area (Å²) in [4.78, 5) is 24.6. The lowest BCUT2D eigenvalue weighted by molar-refractivity contribution is -0.210. The van der Waals surface area contributed by atoms with Crippen molar-refractivity contribution in [3.05, 3.63) is 23.8 Å². The highest BCUT2D eigenvalue weighted by Gasteiger charge is 2.76. The topological polar surface area (TPSA) is 93.1 Å². The Morgan fingerprint density at radius 2 is 2.10 bits per heavy atom. The average Bonchev–Trinajstić information content (AvgIpc) is 3.15. The van der Waals surface area contributed by atoms with Crippen molar-refractivity contribution in [3.63, 3.8) is 0 Å². The molecule has 0 aromatic heterocycles. The summed E-state index contributed by atoms with van der Waals surface area (Å²) in [5, 5.41) is 21.8. The Morgan fingerprint density at radius 3 is 2.80 bits per heavy atom. The van der Waals surface area contributed by atoms with E-state index in [1.54, 1.807) is 12.2 Å². The molecule has 4 fully saturated rings. The van der Waals surface area contributed by atoms with Crippen LogP contribution in [0.15, 0.2) is 23.8 Å². The van der Waals surface area contributed by atoms with E-state index >= 15 is 0 Å². The second kappa shape index (κ2) is 6.50. The fraction of sp³-hybridized carbons (Fsp3) is 0.750. The summed E-state index contributed by atoms with van der Waals surface area (Å²) >= 11 is 0. The van der Waals surface area contributed by atoms with Crippen LogP contribution < -0.4 is 0 Å². The van der Waals surface area contributed by atoms with Gasteiger partial charge in [-0.2, -0.15) is 0 Å². The zero-order valence-electron chi connectivity index (χ0n) is 18.0. The number of carbonyl (C=O) groups is 2. The van der Waals surface area contributed by atoms with Crippen LogP contribution in [-0.4, -0.2) is 46.1 Å². The van der Waals surface area contributed by atoms with E-state index in [1.165, 1.54) is 0 Å². The fourth-order valence-corrected chi connectivity index (χ4v) is 7.87. The SMILES string of the molecule is CCC[C@H]1O[C@H]2C[C@@H]3[C@H]4CCC5=CC(=O)C=C[C@]5(C)[C@@H]4[C@@H](O)C[C@]3(C)[C@@]2(C(=O)O)O1. The summed E-state index contributed by atoms with van der Waals surface area (Å²) in [7, 11) is 0. The molecule has 3 saturated carbocycles. The van der Waals surface area contributed by atoms with Gasteiger partial charge < -0.3 is 19.7 Å². The van der Waals surface area contributed by atoms with E-state index in [0.717, 1.165) is 24.8 Å². The van der Waals surface area contributed by atoms with Crippen LogP contribution in [0.4, 0.5) is 0 Å². The molecule has 5 rings (SSSR count). The Bertz CT molecular complexity index is 847. The number of hydrogen-bond acceptors (Lipinski definition) is 5. The monoisotopic (exact) mass is 416 g/mol. The second-order valence-electron chi connectivity index (χ2n) is 10.4. The Morgan fingerprint density at radius 1 is 1.33 bits per heavy atom. The van der Waals surface area contributed by atoms with Gasteiger partial charge in [-0.3, -0.25) is 4.79 Å². The first-order chi connectivity index (χ1) is 14.2. The number of ether oxygens (including phenoxy) is 2. The third-order valence-electron chi connectivity index (χ3n) is 9.13. The lowest BCUT2D eigenvalue weighted by Gasteiger charge is -2.59. The van der Waals surface area contributed by atoms with E-state index in [9.17, 15) is 19.8 Å². The lowest BCUT2D eigenvalue weighted by Crippen LogP contribution is -2.63. The maximum atomic E-state index is 12.7. The number of aliphatic carboxylic acids is 1. The molecular weight excluding hydrogens is 384 g/mol. The van der Waals surface area contributed by atoms with Gasteiger partial charge in [0.1, 0.15) is 6.10 Å². The molecule has 6 heteroatoms. The number of carbonyl (C=O) groups excluding carboxylic acids is 1. The molecule has 1 aliphatic heterocycles.